The molecule has 0 fully saturated rings. The Labute approximate surface area is 127 Å². The van der Waals surface area contributed by atoms with E-state index in [-0.39, 0.29) is 5.91 Å². The first-order valence-corrected chi connectivity index (χ1v) is 7.64. The number of hydrogen-bond acceptors (Lipinski definition) is 3. The minimum Gasteiger partial charge on any atom is -0.494 e. The Morgan fingerprint density at radius 1 is 1.29 bits per heavy atom. The van der Waals surface area contributed by atoms with E-state index >= 15 is 0 Å². The second-order valence-electron chi connectivity index (χ2n) is 4.67. The van der Waals surface area contributed by atoms with Crippen molar-refractivity contribution in [1.29, 1.82) is 0 Å². The van der Waals surface area contributed by atoms with Crippen LogP contribution in [-0.4, -0.2) is 17.1 Å². The number of carbonyl (C=O) groups is 1. The normalized spacial score (nSPS) is 10.8. The molecule has 0 aliphatic rings. The molecule has 2 heterocycles. The average Bonchev–Trinajstić information content (AvgIpc) is 3.05. The number of thiophene rings is 1. The molecular formula is C16H16N2O2S. The number of fused-ring (bicyclic) bond motifs is 1. The standard InChI is InChI=1S/C16H16N2O2S/c1-3-20-12-6-4-11(5-7-12)17-16(19)14-10-15-13(18(14)2)8-9-21-15/h4-10H,3H2,1-2H3,(H,17,19). The van der Waals surface area contributed by atoms with E-state index in [4.69, 9.17) is 4.74 Å². The summed E-state index contributed by atoms with van der Waals surface area (Å²) in [5, 5.41) is 4.94. The maximum Gasteiger partial charge on any atom is 0.272 e. The highest BCUT2D eigenvalue weighted by atomic mass is 32.1. The summed E-state index contributed by atoms with van der Waals surface area (Å²) in [5.41, 5.74) is 2.50. The summed E-state index contributed by atoms with van der Waals surface area (Å²) in [7, 11) is 1.90. The van der Waals surface area contributed by atoms with Crippen LogP contribution < -0.4 is 10.1 Å². The van der Waals surface area contributed by atoms with E-state index in [1.807, 2.05) is 60.3 Å². The zero-order chi connectivity index (χ0) is 14.8. The largest absolute Gasteiger partial charge is 0.494 e. The second-order valence-corrected chi connectivity index (χ2v) is 5.62. The maximum atomic E-state index is 12.4. The molecule has 0 saturated carbocycles. The van der Waals surface area contributed by atoms with Crippen molar-refractivity contribution in [3.63, 3.8) is 0 Å². The molecule has 0 saturated heterocycles. The third kappa shape index (κ3) is 2.64. The van der Waals surface area contributed by atoms with Gasteiger partial charge in [0.25, 0.3) is 5.91 Å². The number of aromatic nitrogens is 1. The lowest BCUT2D eigenvalue weighted by Crippen LogP contribution is -2.15. The molecule has 5 heteroatoms. The van der Waals surface area contributed by atoms with Crippen molar-refractivity contribution in [3.8, 4) is 5.75 Å². The van der Waals surface area contributed by atoms with Crippen molar-refractivity contribution in [2.75, 3.05) is 11.9 Å². The Morgan fingerprint density at radius 3 is 2.71 bits per heavy atom. The van der Waals surface area contributed by atoms with Gasteiger partial charge in [0.1, 0.15) is 11.4 Å². The first-order chi connectivity index (χ1) is 10.2. The Kier molecular flexibility index (Phi) is 3.66. The lowest BCUT2D eigenvalue weighted by atomic mass is 10.3. The van der Waals surface area contributed by atoms with Gasteiger partial charge in [-0.15, -0.1) is 11.3 Å². The van der Waals surface area contributed by atoms with Crippen molar-refractivity contribution in [1.82, 2.24) is 4.57 Å². The molecule has 0 aliphatic heterocycles. The fraction of sp³-hybridized carbons (Fsp3) is 0.188. The Hall–Kier alpha value is -2.27. The first kappa shape index (κ1) is 13.7. The van der Waals surface area contributed by atoms with Gasteiger partial charge in [0, 0.05) is 12.7 Å². The van der Waals surface area contributed by atoms with Crippen molar-refractivity contribution >= 4 is 33.1 Å². The van der Waals surface area contributed by atoms with Crippen LogP contribution in [0.3, 0.4) is 0 Å². The zero-order valence-electron chi connectivity index (χ0n) is 11.9. The molecule has 0 aliphatic carbocycles. The predicted octanol–water partition coefficient (Wildman–Crippen LogP) is 3.89. The summed E-state index contributed by atoms with van der Waals surface area (Å²) in [6.45, 7) is 2.57. The summed E-state index contributed by atoms with van der Waals surface area (Å²) >= 11 is 1.64. The quantitative estimate of drug-likeness (QED) is 0.794. The molecular weight excluding hydrogens is 284 g/mol. The van der Waals surface area contributed by atoms with Gasteiger partial charge in [-0.3, -0.25) is 4.79 Å². The number of rotatable bonds is 4. The van der Waals surface area contributed by atoms with E-state index in [1.165, 1.54) is 0 Å². The minimum atomic E-state index is -0.106. The molecule has 4 nitrogen and oxygen atoms in total. The van der Waals surface area contributed by atoms with Gasteiger partial charge >= 0.3 is 0 Å². The third-order valence-corrected chi connectivity index (χ3v) is 4.17. The molecule has 2 aromatic heterocycles. The number of benzene rings is 1. The van der Waals surface area contributed by atoms with Gasteiger partial charge in [-0.1, -0.05) is 0 Å². The molecule has 0 bridgehead atoms. The van der Waals surface area contributed by atoms with Crippen molar-refractivity contribution in [3.05, 3.63) is 47.5 Å². The van der Waals surface area contributed by atoms with E-state index in [9.17, 15) is 4.79 Å². The second kappa shape index (κ2) is 5.61. The van der Waals surface area contributed by atoms with Gasteiger partial charge in [-0.2, -0.15) is 0 Å². The number of carbonyl (C=O) groups excluding carboxylic acids is 1. The fourth-order valence-corrected chi connectivity index (χ4v) is 3.11. The Morgan fingerprint density at radius 2 is 2.05 bits per heavy atom. The van der Waals surface area contributed by atoms with Crippen LogP contribution in [0.5, 0.6) is 5.75 Å². The van der Waals surface area contributed by atoms with E-state index in [0.29, 0.717) is 12.3 Å². The molecule has 3 aromatic rings. The fourth-order valence-electron chi connectivity index (χ4n) is 2.26. The van der Waals surface area contributed by atoms with E-state index in [1.54, 1.807) is 11.3 Å². The Balaban J connectivity index is 1.79. The number of nitrogens with zero attached hydrogens (tertiary/aromatic N) is 1. The van der Waals surface area contributed by atoms with Gasteiger partial charge in [0.2, 0.25) is 0 Å². The number of ether oxygens (including phenoxy) is 1. The summed E-state index contributed by atoms with van der Waals surface area (Å²) in [6, 6.07) is 11.3. The van der Waals surface area contributed by atoms with Gasteiger partial charge in [0.15, 0.2) is 0 Å². The lowest BCUT2D eigenvalue weighted by molar-refractivity contribution is 0.101. The van der Waals surface area contributed by atoms with E-state index < -0.39 is 0 Å². The highest BCUT2D eigenvalue weighted by Gasteiger charge is 2.14. The van der Waals surface area contributed by atoms with Crippen molar-refractivity contribution in [2.45, 2.75) is 6.92 Å². The van der Waals surface area contributed by atoms with Crippen LogP contribution in [0.15, 0.2) is 41.8 Å². The molecule has 1 N–H and O–H groups in total. The lowest BCUT2D eigenvalue weighted by Gasteiger charge is -2.08. The van der Waals surface area contributed by atoms with Crippen LogP contribution in [0.25, 0.3) is 10.2 Å². The Bertz CT molecular complexity index is 771. The van der Waals surface area contributed by atoms with Crippen LogP contribution in [0.1, 0.15) is 17.4 Å². The third-order valence-electron chi connectivity index (χ3n) is 3.32. The van der Waals surface area contributed by atoms with Crippen LogP contribution >= 0.6 is 11.3 Å². The number of nitrogens with one attached hydrogen (secondary N) is 1. The van der Waals surface area contributed by atoms with Gasteiger partial charge in [0.05, 0.1) is 16.8 Å². The smallest absolute Gasteiger partial charge is 0.272 e. The first-order valence-electron chi connectivity index (χ1n) is 6.76. The van der Waals surface area contributed by atoms with Gasteiger partial charge < -0.3 is 14.6 Å². The van der Waals surface area contributed by atoms with Crippen LogP contribution in [0.4, 0.5) is 5.69 Å². The number of amides is 1. The molecule has 0 radical (unpaired) electrons. The molecule has 108 valence electrons. The average molecular weight is 300 g/mol. The SMILES string of the molecule is CCOc1ccc(NC(=O)c2cc3sccc3n2C)cc1. The predicted molar refractivity (Wildman–Crippen MR) is 86.4 cm³/mol. The number of aryl methyl sites for hydroxylation is 1. The molecule has 21 heavy (non-hydrogen) atoms. The maximum absolute atomic E-state index is 12.4. The van der Waals surface area contributed by atoms with Gasteiger partial charge in [-0.05, 0) is 48.7 Å². The van der Waals surface area contributed by atoms with Crippen molar-refractivity contribution in [2.24, 2.45) is 7.05 Å². The molecule has 1 aromatic carbocycles. The molecule has 3 rings (SSSR count). The summed E-state index contributed by atoms with van der Waals surface area (Å²) < 4.78 is 8.42. The molecule has 0 atom stereocenters. The zero-order valence-corrected chi connectivity index (χ0v) is 12.7. The van der Waals surface area contributed by atoms with Crippen LogP contribution in [-0.2, 0) is 7.05 Å². The van der Waals surface area contributed by atoms with E-state index in [0.717, 1.165) is 21.7 Å². The van der Waals surface area contributed by atoms with Crippen LogP contribution in [0.2, 0.25) is 0 Å². The summed E-state index contributed by atoms with van der Waals surface area (Å²) in [6.07, 6.45) is 0. The molecule has 0 spiro atoms. The van der Waals surface area contributed by atoms with Gasteiger partial charge in [-0.25, -0.2) is 0 Å². The number of hydrogen-bond donors (Lipinski definition) is 1. The number of anilines is 1. The highest BCUT2D eigenvalue weighted by Crippen LogP contribution is 2.25. The van der Waals surface area contributed by atoms with Crippen LogP contribution in [0, 0.1) is 0 Å². The monoisotopic (exact) mass is 300 g/mol. The highest BCUT2D eigenvalue weighted by molar-refractivity contribution is 7.17. The van der Waals surface area contributed by atoms with Crippen molar-refractivity contribution < 1.29 is 9.53 Å². The molecule has 1 amide bonds. The van der Waals surface area contributed by atoms with E-state index in [2.05, 4.69) is 5.32 Å². The molecule has 0 unspecified atom stereocenters. The minimum absolute atomic E-state index is 0.106. The summed E-state index contributed by atoms with van der Waals surface area (Å²) in [5.74, 6) is 0.694. The summed E-state index contributed by atoms with van der Waals surface area (Å²) in [4.78, 5) is 12.4. The topological polar surface area (TPSA) is 43.3 Å².